The summed E-state index contributed by atoms with van der Waals surface area (Å²) in [7, 11) is -8.01. The molecule has 1 amide bonds. The summed E-state index contributed by atoms with van der Waals surface area (Å²) in [6.45, 7) is 1.88. The van der Waals surface area contributed by atoms with E-state index in [1.165, 1.54) is 48.5 Å². The van der Waals surface area contributed by atoms with E-state index >= 15 is 0 Å². The number of halogens is 2. The fourth-order valence-electron chi connectivity index (χ4n) is 3.35. The Labute approximate surface area is 230 Å². The number of sulfonamides is 2. The van der Waals surface area contributed by atoms with Crippen LogP contribution in [0.3, 0.4) is 0 Å². The molecule has 0 radical (unpaired) electrons. The van der Waals surface area contributed by atoms with Crippen molar-refractivity contribution < 1.29 is 21.6 Å². The van der Waals surface area contributed by atoms with E-state index in [4.69, 9.17) is 23.2 Å². The summed E-state index contributed by atoms with van der Waals surface area (Å²) in [5, 5.41) is 2.81. The van der Waals surface area contributed by atoms with Crippen LogP contribution < -0.4 is 14.8 Å². The Morgan fingerprint density at radius 3 is 1.97 bits per heavy atom. The van der Waals surface area contributed by atoms with Crippen LogP contribution >= 0.6 is 23.2 Å². The Hall–Kier alpha value is -3.57. The zero-order chi connectivity index (χ0) is 27.5. The van der Waals surface area contributed by atoms with Gasteiger partial charge in [-0.15, -0.1) is 0 Å². The second-order valence-electron chi connectivity index (χ2n) is 8.18. The van der Waals surface area contributed by atoms with Gasteiger partial charge in [-0.1, -0.05) is 53.0 Å². The van der Waals surface area contributed by atoms with Gasteiger partial charge in [0.05, 0.1) is 20.6 Å². The number of rotatable bonds is 8. The first-order chi connectivity index (χ1) is 17.9. The maximum Gasteiger partial charge on any atom is 0.263 e. The standard InChI is InChI=1S/C26H21Cl2N3O5S2/c1-17-6-9-20(10-7-17)30-38(35,36)25-16-18(8-15-23(25)28)26(32)29-19-11-13-21(14-12-19)37(33,34)31-24-5-3-2-4-22(24)27/h2-16,30-31H,1H3,(H,29,32). The van der Waals surface area contributed by atoms with Crippen molar-refractivity contribution in [1.82, 2.24) is 0 Å². The van der Waals surface area contributed by atoms with Crippen molar-refractivity contribution in [1.29, 1.82) is 0 Å². The van der Waals surface area contributed by atoms with Crippen LogP contribution in [-0.2, 0) is 20.0 Å². The molecule has 0 atom stereocenters. The van der Waals surface area contributed by atoms with Crippen molar-refractivity contribution in [2.24, 2.45) is 0 Å². The highest BCUT2D eigenvalue weighted by molar-refractivity contribution is 7.93. The molecule has 3 N–H and O–H groups in total. The number of hydrogen-bond acceptors (Lipinski definition) is 5. The van der Waals surface area contributed by atoms with E-state index in [0.717, 1.165) is 5.56 Å². The molecule has 0 aliphatic rings. The van der Waals surface area contributed by atoms with E-state index < -0.39 is 26.0 Å². The molecule has 0 saturated heterocycles. The molecule has 0 fully saturated rings. The van der Waals surface area contributed by atoms with Gasteiger partial charge < -0.3 is 5.32 Å². The van der Waals surface area contributed by atoms with Crippen molar-refractivity contribution in [2.45, 2.75) is 16.7 Å². The fourth-order valence-corrected chi connectivity index (χ4v) is 6.25. The molecular weight excluding hydrogens is 569 g/mol. The predicted octanol–water partition coefficient (Wildman–Crippen LogP) is 6.16. The molecule has 4 aromatic rings. The van der Waals surface area contributed by atoms with Crippen molar-refractivity contribution in [3.8, 4) is 0 Å². The third kappa shape index (κ3) is 6.46. The van der Waals surface area contributed by atoms with Gasteiger partial charge in [-0.3, -0.25) is 14.2 Å². The van der Waals surface area contributed by atoms with Gasteiger partial charge in [-0.2, -0.15) is 0 Å². The van der Waals surface area contributed by atoms with Crippen molar-refractivity contribution >= 4 is 66.2 Å². The Morgan fingerprint density at radius 1 is 0.684 bits per heavy atom. The van der Waals surface area contributed by atoms with E-state index in [2.05, 4.69) is 14.8 Å². The number of amides is 1. The minimum absolute atomic E-state index is 0.0377. The maximum atomic E-state index is 12.9. The van der Waals surface area contributed by atoms with Crippen LogP contribution in [0.5, 0.6) is 0 Å². The summed E-state index contributed by atoms with van der Waals surface area (Å²) >= 11 is 12.2. The number of nitrogens with one attached hydrogen (secondary N) is 3. The number of para-hydroxylation sites is 1. The first-order valence-corrected chi connectivity index (χ1v) is 14.7. The van der Waals surface area contributed by atoms with E-state index in [0.29, 0.717) is 11.4 Å². The summed E-state index contributed by atoms with van der Waals surface area (Å²) in [5.74, 6) is -0.613. The van der Waals surface area contributed by atoms with Crippen LogP contribution in [0.25, 0.3) is 0 Å². The van der Waals surface area contributed by atoms with Crippen LogP contribution in [0.1, 0.15) is 15.9 Å². The third-order valence-electron chi connectivity index (χ3n) is 5.33. The average Bonchev–Trinajstić information content (AvgIpc) is 2.87. The lowest BCUT2D eigenvalue weighted by Gasteiger charge is -2.12. The van der Waals surface area contributed by atoms with Gasteiger partial charge in [0.15, 0.2) is 0 Å². The predicted molar refractivity (Wildman–Crippen MR) is 150 cm³/mol. The first-order valence-electron chi connectivity index (χ1n) is 11.0. The van der Waals surface area contributed by atoms with Gasteiger partial charge in [-0.25, -0.2) is 16.8 Å². The minimum Gasteiger partial charge on any atom is -0.322 e. The van der Waals surface area contributed by atoms with E-state index in [1.54, 1.807) is 42.5 Å². The molecule has 0 saturated carbocycles. The number of carbonyl (C=O) groups is 1. The SMILES string of the molecule is Cc1ccc(NS(=O)(=O)c2cc(C(=O)Nc3ccc(S(=O)(=O)Nc4ccccc4Cl)cc3)ccc2Cl)cc1. The summed E-state index contributed by atoms with van der Waals surface area (Å²) < 4.78 is 56.1. The highest BCUT2D eigenvalue weighted by Crippen LogP contribution is 2.27. The Morgan fingerprint density at radius 2 is 1.32 bits per heavy atom. The summed E-state index contributed by atoms with van der Waals surface area (Å²) in [4.78, 5) is 12.5. The third-order valence-corrected chi connectivity index (χ3v) is 8.90. The zero-order valence-electron chi connectivity index (χ0n) is 19.8. The van der Waals surface area contributed by atoms with Gasteiger partial charge >= 0.3 is 0 Å². The number of hydrogen-bond donors (Lipinski definition) is 3. The summed E-state index contributed by atoms with van der Waals surface area (Å²) in [6, 6.07) is 22.5. The lowest BCUT2D eigenvalue weighted by atomic mass is 10.2. The Balaban J connectivity index is 1.50. The highest BCUT2D eigenvalue weighted by atomic mass is 35.5. The fraction of sp³-hybridized carbons (Fsp3) is 0.0385. The lowest BCUT2D eigenvalue weighted by molar-refractivity contribution is 0.102. The summed E-state index contributed by atoms with van der Waals surface area (Å²) in [5.41, 5.74) is 1.88. The molecule has 0 aromatic heterocycles. The molecule has 196 valence electrons. The molecule has 0 spiro atoms. The van der Waals surface area contributed by atoms with Crippen LogP contribution in [0.15, 0.2) is 101 Å². The monoisotopic (exact) mass is 589 g/mol. The maximum absolute atomic E-state index is 12.9. The largest absolute Gasteiger partial charge is 0.322 e. The van der Waals surface area contributed by atoms with E-state index in [-0.39, 0.29) is 31.1 Å². The second-order valence-corrected chi connectivity index (χ2v) is 12.3. The molecule has 0 unspecified atom stereocenters. The quantitative estimate of drug-likeness (QED) is 0.227. The van der Waals surface area contributed by atoms with Crippen LogP contribution in [0, 0.1) is 6.92 Å². The topological polar surface area (TPSA) is 121 Å². The molecule has 12 heteroatoms. The molecule has 0 heterocycles. The van der Waals surface area contributed by atoms with Crippen LogP contribution in [-0.4, -0.2) is 22.7 Å². The van der Waals surface area contributed by atoms with Gasteiger partial charge in [0.25, 0.3) is 26.0 Å². The molecule has 8 nitrogen and oxygen atoms in total. The van der Waals surface area contributed by atoms with Gasteiger partial charge in [0.2, 0.25) is 0 Å². The van der Waals surface area contributed by atoms with Crippen LogP contribution in [0.2, 0.25) is 10.0 Å². The normalized spacial score (nSPS) is 11.6. The van der Waals surface area contributed by atoms with Gasteiger partial charge in [0.1, 0.15) is 4.90 Å². The average molecular weight is 591 g/mol. The lowest BCUT2D eigenvalue weighted by Crippen LogP contribution is -2.17. The Kier molecular flexibility index (Phi) is 7.98. The number of benzene rings is 4. The van der Waals surface area contributed by atoms with Gasteiger partial charge in [0, 0.05) is 16.9 Å². The van der Waals surface area contributed by atoms with Crippen molar-refractivity contribution in [3.63, 3.8) is 0 Å². The molecule has 4 rings (SSSR count). The molecule has 0 bridgehead atoms. The van der Waals surface area contributed by atoms with E-state index in [1.807, 2.05) is 6.92 Å². The van der Waals surface area contributed by atoms with Crippen molar-refractivity contribution in [2.75, 3.05) is 14.8 Å². The van der Waals surface area contributed by atoms with Crippen LogP contribution in [0.4, 0.5) is 17.1 Å². The number of carbonyl (C=O) groups excluding carboxylic acids is 1. The van der Waals surface area contributed by atoms with Crippen molar-refractivity contribution in [3.05, 3.63) is 112 Å². The summed E-state index contributed by atoms with van der Waals surface area (Å²) in [6.07, 6.45) is 0. The minimum atomic E-state index is -4.08. The van der Waals surface area contributed by atoms with Gasteiger partial charge in [-0.05, 0) is 73.7 Å². The number of anilines is 3. The Bertz CT molecular complexity index is 1710. The number of aryl methyl sites for hydroxylation is 1. The zero-order valence-corrected chi connectivity index (χ0v) is 22.9. The molecule has 4 aromatic carbocycles. The molecule has 0 aliphatic carbocycles. The molecule has 38 heavy (non-hydrogen) atoms. The molecule has 0 aliphatic heterocycles. The smallest absolute Gasteiger partial charge is 0.263 e. The first kappa shape index (κ1) is 27.5. The molecular formula is C26H21Cl2N3O5S2. The van der Waals surface area contributed by atoms with E-state index in [9.17, 15) is 21.6 Å². The highest BCUT2D eigenvalue weighted by Gasteiger charge is 2.21. The second kappa shape index (κ2) is 11.0.